The summed E-state index contributed by atoms with van der Waals surface area (Å²) in [5, 5.41) is 7.37. The number of carbonyl (C=O) groups is 1. The highest BCUT2D eigenvalue weighted by Crippen LogP contribution is 2.27. The molecule has 92 valence electrons. The number of aromatic nitrogens is 3. The summed E-state index contributed by atoms with van der Waals surface area (Å²) >= 11 is 0. The van der Waals surface area contributed by atoms with Crippen molar-refractivity contribution in [2.24, 2.45) is 0 Å². The molecule has 0 saturated heterocycles. The quantitative estimate of drug-likeness (QED) is 0.651. The molecule has 0 unspecified atom stereocenters. The molecule has 0 radical (unpaired) electrons. The molecule has 1 N–H and O–H groups in total. The third kappa shape index (κ3) is 1.88. The first-order valence-electron chi connectivity index (χ1n) is 5.25. The number of hydrogen-bond donors (Lipinski definition) is 1. The topological polar surface area (TPSA) is 80.9 Å². The summed E-state index contributed by atoms with van der Waals surface area (Å²) in [6.07, 6.45) is 6.63. The van der Waals surface area contributed by atoms with Crippen LogP contribution in [0.5, 0.6) is 5.75 Å². The molecule has 0 amide bonds. The summed E-state index contributed by atoms with van der Waals surface area (Å²) in [6.45, 7) is 1.87. The molecule has 0 fully saturated rings. The van der Waals surface area contributed by atoms with Gasteiger partial charge in [0.05, 0.1) is 30.9 Å². The lowest BCUT2D eigenvalue weighted by molar-refractivity contribution is 0.111. The van der Waals surface area contributed by atoms with Crippen LogP contribution in [0.1, 0.15) is 21.7 Å². The second kappa shape index (κ2) is 4.79. The summed E-state index contributed by atoms with van der Waals surface area (Å²) < 4.78 is 7.01. The summed E-state index contributed by atoms with van der Waals surface area (Å²) in [5.41, 5.74) is 2.04. The average molecular weight is 244 g/mol. The van der Waals surface area contributed by atoms with Gasteiger partial charge in [0.15, 0.2) is 12.0 Å². The normalized spacial score (nSPS) is 10.1. The minimum absolute atomic E-state index is 0.183. The number of hydrogen-bond acceptors (Lipinski definition) is 5. The molecule has 0 spiro atoms. The van der Waals surface area contributed by atoms with Crippen molar-refractivity contribution in [1.82, 2.24) is 14.5 Å². The van der Waals surface area contributed by atoms with E-state index in [1.165, 1.54) is 13.3 Å². The molecule has 6 heteroatoms. The smallest absolute Gasteiger partial charge is 0.169 e. The number of imidazole rings is 1. The number of aldehydes is 1. The maximum absolute atomic E-state index is 10.9. The number of carbonyl (C=O) groups excluding carboxylic acids is 1. The van der Waals surface area contributed by atoms with Crippen LogP contribution in [0.3, 0.4) is 0 Å². The third-order valence-electron chi connectivity index (χ3n) is 2.53. The van der Waals surface area contributed by atoms with Crippen LogP contribution >= 0.6 is 0 Å². The van der Waals surface area contributed by atoms with Crippen molar-refractivity contribution in [2.45, 2.75) is 6.92 Å². The Morgan fingerprint density at radius 1 is 1.44 bits per heavy atom. The van der Waals surface area contributed by atoms with Crippen LogP contribution in [-0.2, 0) is 0 Å². The average Bonchev–Trinajstić information content (AvgIpc) is 2.83. The van der Waals surface area contributed by atoms with Crippen molar-refractivity contribution >= 4 is 12.5 Å². The third-order valence-corrected chi connectivity index (χ3v) is 2.53. The Hall–Kier alpha value is -2.50. The van der Waals surface area contributed by atoms with Crippen LogP contribution in [0.2, 0.25) is 0 Å². The van der Waals surface area contributed by atoms with Crippen LogP contribution in [0.4, 0.5) is 0 Å². The molecule has 6 nitrogen and oxygen atoms in total. The standard InChI is InChI=1S/C12H12N4O2/c1-8-5-16(7-15-8)11-4-14-10(6-17)9(3-13)12(11)18-2/h3-7,13H,1-2H3. The zero-order valence-corrected chi connectivity index (χ0v) is 10.0. The second-order valence-electron chi connectivity index (χ2n) is 3.66. The molecule has 0 saturated carbocycles. The van der Waals surface area contributed by atoms with Crippen molar-refractivity contribution in [3.8, 4) is 11.4 Å². The lowest BCUT2D eigenvalue weighted by atomic mass is 10.1. The SMILES string of the molecule is COc1c(-n2cnc(C)c2)cnc(C=O)c1C=N. The van der Waals surface area contributed by atoms with E-state index in [0.29, 0.717) is 23.3 Å². The fraction of sp³-hybridized carbons (Fsp3) is 0.167. The highest BCUT2D eigenvalue weighted by atomic mass is 16.5. The largest absolute Gasteiger partial charge is 0.494 e. The number of rotatable bonds is 4. The molecule has 2 heterocycles. The van der Waals surface area contributed by atoms with Gasteiger partial charge in [-0.2, -0.15) is 0 Å². The van der Waals surface area contributed by atoms with E-state index in [1.807, 2.05) is 13.1 Å². The maximum atomic E-state index is 10.9. The van der Waals surface area contributed by atoms with Crippen molar-refractivity contribution in [1.29, 1.82) is 5.41 Å². The second-order valence-corrected chi connectivity index (χ2v) is 3.66. The van der Waals surface area contributed by atoms with Gasteiger partial charge in [0, 0.05) is 12.4 Å². The zero-order chi connectivity index (χ0) is 13.1. The minimum atomic E-state index is 0.183. The first kappa shape index (κ1) is 12.0. The van der Waals surface area contributed by atoms with Gasteiger partial charge >= 0.3 is 0 Å². The molecule has 2 aromatic rings. The van der Waals surface area contributed by atoms with Crippen LogP contribution in [0, 0.1) is 12.3 Å². The lowest BCUT2D eigenvalue weighted by Gasteiger charge is -2.12. The fourth-order valence-corrected chi connectivity index (χ4v) is 1.70. The fourth-order valence-electron chi connectivity index (χ4n) is 1.70. The van der Waals surface area contributed by atoms with Crippen LogP contribution in [-0.4, -0.2) is 34.1 Å². The van der Waals surface area contributed by atoms with Gasteiger partial charge in [0.25, 0.3) is 0 Å². The summed E-state index contributed by atoms with van der Waals surface area (Å²) in [4.78, 5) is 19.0. The van der Waals surface area contributed by atoms with Crippen molar-refractivity contribution in [3.63, 3.8) is 0 Å². The number of nitrogens with zero attached hydrogens (tertiary/aromatic N) is 3. The van der Waals surface area contributed by atoms with Gasteiger partial charge < -0.3 is 14.7 Å². The lowest BCUT2D eigenvalue weighted by Crippen LogP contribution is -2.05. The van der Waals surface area contributed by atoms with Crippen molar-refractivity contribution < 1.29 is 9.53 Å². The van der Waals surface area contributed by atoms with E-state index < -0.39 is 0 Å². The van der Waals surface area contributed by atoms with Crippen molar-refractivity contribution in [2.75, 3.05) is 7.11 Å². The van der Waals surface area contributed by atoms with E-state index in [1.54, 1.807) is 10.9 Å². The molecule has 0 atom stereocenters. The Bertz CT molecular complexity index is 604. The maximum Gasteiger partial charge on any atom is 0.169 e. The highest BCUT2D eigenvalue weighted by Gasteiger charge is 2.15. The summed E-state index contributed by atoms with van der Waals surface area (Å²) in [6, 6.07) is 0. The van der Waals surface area contributed by atoms with E-state index in [2.05, 4.69) is 9.97 Å². The zero-order valence-electron chi connectivity index (χ0n) is 10.0. The van der Waals surface area contributed by atoms with Gasteiger partial charge in [-0.1, -0.05) is 0 Å². The molecule has 2 aromatic heterocycles. The Morgan fingerprint density at radius 3 is 2.72 bits per heavy atom. The number of methoxy groups -OCH3 is 1. The molecule has 0 bridgehead atoms. The molecule has 0 aliphatic heterocycles. The van der Waals surface area contributed by atoms with Crippen LogP contribution in [0.15, 0.2) is 18.7 Å². The molecule has 2 rings (SSSR count). The molecule has 0 aliphatic carbocycles. The summed E-state index contributed by atoms with van der Waals surface area (Å²) in [7, 11) is 1.49. The van der Waals surface area contributed by atoms with Gasteiger partial charge in [-0.05, 0) is 6.92 Å². The van der Waals surface area contributed by atoms with Gasteiger partial charge in [0.2, 0.25) is 0 Å². The Kier molecular flexibility index (Phi) is 3.18. The summed E-state index contributed by atoms with van der Waals surface area (Å²) in [5.74, 6) is 0.430. The number of ether oxygens (including phenoxy) is 1. The van der Waals surface area contributed by atoms with E-state index in [9.17, 15) is 4.79 Å². The van der Waals surface area contributed by atoms with Crippen LogP contribution in [0.25, 0.3) is 5.69 Å². The Balaban J connectivity index is 2.68. The van der Waals surface area contributed by atoms with Gasteiger partial charge in [-0.25, -0.2) is 4.98 Å². The van der Waals surface area contributed by atoms with E-state index in [4.69, 9.17) is 10.1 Å². The molecular weight excluding hydrogens is 232 g/mol. The Labute approximate surface area is 104 Å². The molecular formula is C12H12N4O2. The van der Waals surface area contributed by atoms with E-state index >= 15 is 0 Å². The highest BCUT2D eigenvalue weighted by molar-refractivity contribution is 5.93. The Morgan fingerprint density at radius 2 is 2.22 bits per heavy atom. The minimum Gasteiger partial charge on any atom is -0.494 e. The first-order valence-corrected chi connectivity index (χ1v) is 5.25. The van der Waals surface area contributed by atoms with Crippen molar-refractivity contribution in [3.05, 3.63) is 35.7 Å². The van der Waals surface area contributed by atoms with Gasteiger partial charge in [-0.3, -0.25) is 9.78 Å². The first-order chi connectivity index (χ1) is 8.71. The number of aryl methyl sites for hydroxylation is 1. The van der Waals surface area contributed by atoms with E-state index in [-0.39, 0.29) is 5.69 Å². The van der Waals surface area contributed by atoms with E-state index in [0.717, 1.165) is 11.9 Å². The van der Waals surface area contributed by atoms with Gasteiger partial charge in [0.1, 0.15) is 11.4 Å². The van der Waals surface area contributed by atoms with Crippen LogP contribution < -0.4 is 4.74 Å². The number of nitrogens with one attached hydrogen (secondary N) is 1. The van der Waals surface area contributed by atoms with Gasteiger partial charge in [-0.15, -0.1) is 0 Å². The predicted molar refractivity (Wildman–Crippen MR) is 65.9 cm³/mol. The predicted octanol–water partition coefficient (Wildman–Crippen LogP) is 1.39. The molecule has 0 aromatic carbocycles. The molecule has 0 aliphatic rings. The monoisotopic (exact) mass is 244 g/mol. The molecule has 18 heavy (non-hydrogen) atoms. The number of pyridine rings is 1.